The molecule has 2 aromatic heterocycles. The molecular weight excluding hydrogens is 428 g/mol. The van der Waals surface area contributed by atoms with E-state index < -0.39 is 0 Å². The summed E-state index contributed by atoms with van der Waals surface area (Å²) in [7, 11) is 0. The third kappa shape index (κ3) is 5.78. The molecule has 0 saturated heterocycles. The van der Waals surface area contributed by atoms with Crippen molar-refractivity contribution >= 4 is 40.5 Å². The number of nitrogens with zero attached hydrogens (tertiary/aromatic N) is 3. The number of carbonyl (C=O) groups is 2. The van der Waals surface area contributed by atoms with Gasteiger partial charge in [-0.15, -0.1) is 11.3 Å². The summed E-state index contributed by atoms with van der Waals surface area (Å²) in [4.78, 5) is 33.1. The molecule has 0 aliphatic carbocycles. The molecule has 31 heavy (non-hydrogen) atoms. The zero-order chi connectivity index (χ0) is 22.5. The molecular formula is C23H22N4O2S2. The maximum atomic E-state index is 12.4. The van der Waals surface area contributed by atoms with Gasteiger partial charge in [0.05, 0.1) is 17.7 Å². The summed E-state index contributed by atoms with van der Waals surface area (Å²) in [5, 5.41) is 15.6. The van der Waals surface area contributed by atoms with Crippen molar-refractivity contribution in [1.82, 2.24) is 9.97 Å². The number of thioether (sulfide) groups is 1. The Morgan fingerprint density at radius 3 is 2.68 bits per heavy atom. The summed E-state index contributed by atoms with van der Waals surface area (Å²) in [6.45, 7) is 7.17. The third-order valence-electron chi connectivity index (χ3n) is 4.61. The highest BCUT2D eigenvalue weighted by Crippen LogP contribution is 2.27. The van der Waals surface area contributed by atoms with E-state index in [-0.39, 0.29) is 18.1 Å². The van der Waals surface area contributed by atoms with Gasteiger partial charge < -0.3 is 5.32 Å². The van der Waals surface area contributed by atoms with Crippen molar-refractivity contribution in [3.63, 3.8) is 0 Å². The van der Waals surface area contributed by atoms with Crippen molar-refractivity contribution in [2.75, 3.05) is 5.32 Å². The van der Waals surface area contributed by atoms with Gasteiger partial charge in [-0.2, -0.15) is 5.26 Å². The highest BCUT2D eigenvalue weighted by Gasteiger charge is 2.14. The van der Waals surface area contributed by atoms with Gasteiger partial charge in [-0.05, 0) is 51.0 Å². The predicted molar refractivity (Wildman–Crippen MR) is 124 cm³/mol. The SMILES string of the molecule is CC(=O)c1cc(C#N)c(SCc2csc(CC(=O)Nc3cc(C)ccc3C)n2)nc1C. The van der Waals surface area contributed by atoms with E-state index in [1.807, 2.05) is 37.4 Å². The summed E-state index contributed by atoms with van der Waals surface area (Å²) in [5.41, 5.74) is 5.20. The number of anilines is 1. The van der Waals surface area contributed by atoms with E-state index in [0.29, 0.717) is 27.6 Å². The maximum Gasteiger partial charge on any atom is 0.231 e. The van der Waals surface area contributed by atoms with Crippen LogP contribution < -0.4 is 5.32 Å². The highest BCUT2D eigenvalue weighted by atomic mass is 32.2. The van der Waals surface area contributed by atoms with Crippen LogP contribution in [0.2, 0.25) is 0 Å². The van der Waals surface area contributed by atoms with Gasteiger partial charge in [0.1, 0.15) is 16.1 Å². The largest absolute Gasteiger partial charge is 0.325 e. The van der Waals surface area contributed by atoms with Crippen molar-refractivity contribution in [3.05, 3.63) is 68.3 Å². The Balaban J connectivity index is 1.63. The quantitative estimate of drug-likeness (QED) is 0.401. The van der Waals surface area contributed by atoms with E-state index in [2.05, 4.69) is 21.4 Å². The molecule has 6 nitrogen and oxygen atoms in total. The number of nitrogens with one attached hydrogen (secondary N) is 1. The summed E-state index contributed by atoms with van der Waals surface area (Å²) in [6, 6.07) is 9.66. The molecule has 0 spiro atoms. The third-order valence-corrected chi connectivity index (χ3v) is 6.54. The molecule has 0 bridgehead atoms. The van der Waals surface area contributed by atoms with Crippen LogP contribution in [0.1, 0.15) is 50.4 Å². The molecule has 1 N–H and O–H groups in total. The van der Waals surface area contributed by atoms with Crippen LogP contribution in [0.4, 0.5) is 5.69 Å². The molecule has 1 aromatic carbocycles. The molecule has 2 heterocycles. The zero-order valence-electron chi connectivity index (χ0n) is 17.8. The van der Waals surface area contributed by atoms with E-state index in [9.17, 15) is 14.9 Å². The highest BCUT2D eigenvalue weighted by molar-refractivity contribution is 7.98. The molecule has 0 aliphatic rings. The summed E-state index contributed by atoms with van der Waals surface area (Å²) >= 11 is 2.83. The van der Waals surface area contributed by atoms with Gasteiger partial charge in [0.25, 0.3) is 0 Å². The summed E-state index contributed by atoms with van der Waals surface area (Å²) < 4.78 is 0. The second kappa shape index (κ2) is 9.86. The van der Waals surface area contributed by atoms with Crippen molar-refractivity contribution in [3.8, 4) is 6.07 Å². The molecule has 0 radical (unpaired) electrons. The molecule has 3 rings (SSSR count). The number of carbonyl (C=O) groups excluding carboxylic acids is 2. The van der Waals surface area contributed by atoms with E-state index in [4.69, 9.17) is 0 Å². The van der Waals surface area contributed by atoms with Crippen LogP contribution in [0.15, 0.2) is 34.7 Å². The number of aromatic nitrogens is 2. The standard InChI is InChI=1S/C23H22N4O2S2/c1-13-5-6-14(2)20(7-13)27-21(29)9-22-26-18(11-30-22)12-31-23-17(10-24)8-19(16(4)28)15(3)25-23/h5-8,11H,9,12H2,1-4H3,(H,27,29). The Morgan fingerprint density at radius 2 is 1.97 bits per heavy atom. The molecule has 0 aliphatic heterocycles. The van der Waals surface area contributed by atoms with Crippen molar-refractivity contribution in [2.24, 2.45) is 0 Å². The minimum absolute atomic E-state index is 0.105. The number of hydrogen-bond acceptors (Lipinski definition) is 7. The number of nitriles is 1. The van der Waals surface area contributed by atoms with E-state index in [0.717, 1.165) is 27.5 Å². The number of benzene rings is 1. The number of aryl methyl sites for hydroxylation is 3. The molecule has 8 heteroatoms. The monoisotopic (exact) mass is 450 g/mol. The van der Waals surface area contributed by atoms with Gasteiger partial charge in [-0.1, -0.05) is 23.9 Å². The topological polar surface area (TPSA) is 95.7 Å². The average Bonchev–Trinajstić information content (AvgIpc) is 3.16. The van der Waals surface area contributed by atoms with E-state index >= 15 is 0 Å². The fourth-order valence-corrected chi connectivity index (χ4v) is 4.76. The number of ketones is 1. The normalized spacial score (nSPS) is 10.5. The van der Waals surface area contributed by atoms with Crippen LogP contribution in [-0.2, 0) is 17.0 Å². The number of rotatable bonds is 7. The van der Waals surface area contributed by atoms with Crippen molar-refractivity contribution in [2.45, 2.75) is 44.9 Å². The van der Waals surface area contributed by atoms with Crippen LogP contribution >= 0.6 is 23.1 Å². The number of Topliss-reactive ketones (excluding diaryl/α,β-unsaturated/α-hetero) is 1. The minimum atomic E-state index is -0.110. The van der Waals surface area contributed by atoms with E-state index in [1.54, 1.807) is 13.0 Å². The summed E-state index contributed by atoms with van der Waals surface area (Å²) in [6.07, 6.45) is 0.205. The molecule has 3 aromatic rings. The number of hydrogen-bond donors (Lipinski definition) is 1. The van der Waals surface area contributed by atoms with Gasteiger partial charge >= 0.3 is 0 Å². The Labute approximate surface area is 189 Å². The molecule has 0 unspecified atom stereocenters. The first-order chi connectivity index (χ1) is 14.8. The number of pyridine rings is 1. The lowest BCUT2D eigenvalue weighted by Gasteiger charge is -2.08. The van der Waals surface area contributed by atoms with Crippen molar-refractivity contribution < 1.29 is 9.59 Å². The van der Waals surface area contributed by atoms with Gasteiger partial charge in [0.2, 0.25) is 5.91 Å². The van der Waals surface area contributed by atoms with Gasteiger partial charge in [-0.3, -0.25) is 9.59 Å². The van der Waals surface area contributed by atoms with Gasteiger partial charge in [0.15, 0.2) is 5.78 Å². The minimum Gasteiger partial charge on any atom is -0.325 e. The first-order valence-electron chi connectivity index (χ1n) is 9.62. The lowest BCUT2D eigenvalue weighted by Crippen LogP contribution is -2.15. The Hall–Kier alpha value is -3.02. The zero-order valence-corrected chi connectivity index (χ0v) is 19.4. The Morgan fingerprint density at radius 1 is 1.19 bits per heavy atom. The van der Waals surface area contributed by atoms with Crippen LogP contribution in [0.5, 0.6) is 0 Å². The lowest BCUT2D eigenvalue weighted by molar-refractivity contribution is -0.115. The fraction of sp³-hybridized carbons (Fsp3) is 0.261. The fourth-order valence-electron chi connectivity index (χ4n) is 2.97. The number of thiazole rings is 1. The van der Waals surface area contributed by atoms with Crippen LogP contribution in [0.3, 0.4) is 0 Å². The average molecular weight is 451 g/mol. The predicted octanol–water partition coefficient (Wildman–Crippen LogP) is 5.01. The van der Waals surface area contributed by atoms with Gasteiger partial charge in [-0.25, -0.2) is 9.97 Å². The molecule has 1 amide bonds. The first kappa shape index (κ1) is 22.7. The maximum absolute atomic E-state index is 12.4. The molecule has 0 saturated carbocycles. The van der Waals surface area contributed by atoms with Crippen LogP contribution in [0, 0.1) is 32.1 Å². The molecule has 0 fully saturated rings. The number of amides is 1. The first-order valence-corrected chi connectivity index (χ1v) is 11.5. The lowest BCUT2D eigenvalue weighted by atomic mass is 10.1. The Kier molecular flexibility index (Phi) is 7.21. The second-order valence-corrected chi connectivity index (χ2v) is 9.11. The summed E-state index contributed by atoms with van der Waals surface area (Å²) in [5.74, 6) is 0.308. The molecule has 0 atom stereocenters. The van der Waals surface area contributed by atoms with Gasteiger partial charge in [0, 0.05) is 28.1 Å². The van der Waals surface area contributed by atoms with E-state index in [1.165, 1.54) is 30.0 Å². The van der Waals surface area contributed by atoms with Crippen molar-refractivity contribution in [1.29, 1.82) is 5.26 Å². The smallest absolute Gasteiger partial charge is 0.231 e. The van der Waals surface area contributed by atoms with Crippen LogP contribution in [0.25, 0.3) is 0 Å². The Bertz CT molecular complexity index is 1190. The van der Waals surface area contributed by atoms with Crippen LogP contribution in [-0.4, -0.2) is 21.7 Å². The second-order valence-electron chi connectivity index (χ2n) is 7.21. The molecule has 158 valence electrons.